The van der Waals surface area contributed by atoms with Crippen LogP contribution in [0.25, 0.3) is 0 Å². The highest BCUT2D eigenvalue weighted by Crippen LogP contribution is 2.24. The molecule has 0 aromatic heterocycles. The summed E-state index contributed by atoms with van der Waals surface area (Å²) < 4.78 is 0. The van der Waals surface area contributed by atoms with Gasteiger partial charge in [0.2, 0.25) is 0 Å². The largest absolute Gasteiger partial charge is 0.398 e. The lowest BCUT2D eigenvalue weighted by molar-refractivity contribution is 0.0993. The molecule has 0 saturated heterocycles. The lowest BCUT2D eigenvalue weighted by Gasteiger charge is -2.06. The number of nitrogens with two attached hydrogens (primary N) is 1. The minimum atomic E-state index is 0.0753. The molecule has 2 N–H and O–H groups in total. The van der Waals surface area contributed by atoms with Gasteiger partial charge in [-0.25, -0.2) is 0 Å². The van der Waals surface area contributed by atoms with E-state index in [2.05, 4.69) is 18.2 Å². The maximum Gasteiger partial charge on any atom is 0.167 e. The molecule has 0 fully saturated rings. The van der Waals surface area contributed by atoms with Crippen LogP contribution in [0.1, 0.15) is 33.5 Å². The first-order valence-corrected chi connectivity index (χ1v) is 7.20. The highest BCUT2D eigenvalue weighted by atomic mass is 35.5. The summed E-state index contributed by atoms with van der Waals surface area (Å²) in [6, 6.07) is 11.4. The van der Waals surface area contributed by atoms with E-state index in [0.717, 1.165) is 18.4 Å². The number of halogens is 1. The number of nitrogen functional groups attached to an aromatic ring is 1. The van der Waals surface area contributed by atoms with Crippen molar-refractivity contribution in [2.75, 3.05) is 5.73 Å². The van der Waals surface area contributed by atoms with Crippen molar-refractivity contribution in [2.45, 2.75) is 25.7 Å². The molecule has 1 aliphatic carbocycles. The average molecular weight is 286 g/mol. The minimum Gasteiger partial charge on any atom is -0.398 e. The summed E-state index contributed by atoms with van der Waals surface area (Å²) in [6.45, 7) is 0. The molecule has 0 bridgehead atoms. The van der Waals surface area contributed by atoms with Crippen molar-refractivity contribution in [2.24, 2.45) is 0 Å². The van der Waals surface area contributed by atoms with Crippen LogP contribution in [-0.2, 0) is 19.3 Å². The number of carbonyl (C=O) groups excluding carboxylic acids is 1. The summed E-state index contributed by atoms with van der Waals surface area (Å²) in [5.41, 5.74) is 10.7. The summed E-state index contributed by atoms with van der Waals surface area (Å²) in [6.07, 6.45) is 3.93. The van der Waals surface area contributed by atoms with Crippen molar-refractivity contribution in [1.82, 2.24) is 0 Å². The van der Waals surface area contributed by atoms with E-state index in [1.165, 1.54) is 17.5 Å². The van der Waals surface area contributed by atoms with Gasteiger partial charge in [0.05, 0.1) is 10.7 Å². The van der Waals surface area contributed by atoms with Gasteiger partial charge in [0.15, 0.2) is 5.78 Å². The van der Waals surface area contributed by atoms with Crippen LogP contribution in [0.4, 0.5) is 5.69 Å². The van der Waals surface area contributed by atoms with Crippen molar-refractivity contribution in [3.8, 4) is 0 Å². The SMILES string of the molecule is Nc1cc(C(=O)Cc2ccc3c(c2)CCC3)ccc1Cl. The maximum atomic E-state index is 12.3. The predicted molar refractivity (Wildman–Crippen MR) is 82.4 cm³/mol. The van der Waals surface area contributed by atoms with Gasteiger partial charge in [-0.05, 0) is 54.2 Å². The van der Waals surface area contributed by atoms with Crippen molar-refractivity contribution in [1.29, 1.82) is 0 Å². The molecule has 0 aliphatic heterocycles. The number of hydrogen-bond donors (Lipinski definition) is 1. The molecular weight excluding hydrogens is 270 g/mol. The Balaban J connectivity index is 1.80. The smallest absolute Gasteiger partial charge is 0.167 e. The van der Waals surface area contributed by atoms with E-state index in [1.54, 1.807) is 18.2 Å². The van der Waals surface area contributed by atoms with Crippen LogP contribution in [0.2, 0.25) is 5.02 Å². The third kappa shape index (κ3) is 2.56. The van der Waals surface area contributed by atoms with Crippen LogP contribution in [0, 0.1) is 0 Å². The number of Topliss-reactive ketones (excluding diaryl/α,β-unsaturated/α-hetero) is 1. The number of carbonyl (C=O) groups is 1. The molecule has 0 saturated carbocycles. The normalized spacial score (nSPS) is 13.2. The van der Waals surface area contributed by atoms with Crippen LogP contribution in [-0.4, -0.2) is 5.78 Å². The molecule has 2 aromatic rings. The van der Waals surface area contributed by atoms with E-state index in [4.69, 9.17) is 17.3 Å². The Morgan fingerprint density at radius 1 is 1.10 bits per heavy atom. The zero-order valence-electron chi connectivity index (χ0n) is 11.2. The number of ketones is 1. The Bertz CT molecular complexity index is 679. The molecule has 0 spiro atoms. The summed E-state index contributed by atoms with van der Waals surface area (Å²) in [7, 11) is 0. The fraction of sp³-hybridized carbons (Fsp3) is 0.235. The van der Waals surface area contributed by atoms with Gasteiger partial charge in [0.1, 0.15) is 0 Å². The van der Waals surface area contributed by atoms with E-state index < -0.39 is 0 Å². The first-order chi connectivity index (χ1) is 9.63. The first-order valence-electron chi connectivity index (χ1n) is 6.82. The summed E-state index contributed by atoms with van der Waals surface area (Å²) in [5.74, 6) is 0.0753. The molecule has 2 nitrogen and oxygen atoms in total. The van der Waals surface area contributed by atoms with E-state index in [1.807, 2.05) is 0 Å². The van der Waals surface area contributed by atoms with Crippen molar-refractivity contribution < 1.29 is 4.79 Å². The minimum absolute atomic E-state index is 0.0753. The Morgan fingerprint density at radius 3 is 2.70 bits per heavy atom. The van der Waals surface area contributed by atoms with Gasteiger partial charge < -0.3 is 5.73 Å². The molecule has 3 rings (SSSR count). The predicted octanol–water partition coefficient (Wildman–Crippen LogP) is 3.84. The van der Waals surface area contributed by atoms with Crippen LogP contribution < -0.4 is 5.73 Å². The molecule has 20 heavy (non-hydrogen) atoms. The second-order valence-corrected chi connectivity index (χ2v) is 5.70. The van der Waals surface area contributed by atoms with Crippen LogP contribution in [0.5, 0.6) is 0 Å². The van der Waals surface area contributed by atoms with Crippen LogP contribution >= 0.6 is 11.6 Å². The Hall–Kier alpha value is -1.80. The van der Waals surface area contributed by atoms with Crippen molar-refractivity contribution >= 4 is 23.1 Å². The van der Waals surface area contributed by atoms with E-state index in [-0.39, 0.29) is 5.78 Å². The van der Waals surface area contributed by atoms with Crippen LogP contribution in [0.3, 0.4) is 0 Å². The number of fused-ring (bicyclic) bond motifs is 1. The standard InChI is InChI=1S/C17H16ClNO/c18-15-7-6-14(10-16(15)19)17(20)9-11-4-5-12-2-1-3-13(12)8-11/h4-8,10H,1-3,9,19H2. The second-order valence-electron chi connectivity index (χ2n) is 5.29. The molecule has 0 unspecified atom stereocenters. The molecule has 0 amide bonds. The summed E-state index contributed by atoms with van der Waals surface area (Å²) in [5, 5.41) is 0.485. The van der Waals surface area contributed by atoms with Crippen LogP contribution in [0.15, 0.2) is 36.4 Å². The first kappa shape index (κ1) is 13.2. The molecule has 0 radical (unpaired) electrons. The zero-order chi connectivity index (χ0) is 14.1. The van der Waals surface area contributed by atoms with Gasteiger partial charge in [-0.3, -0.25) is 4.79 Å². The van der Waals surface area contributed by atoms with Gasteiger partial charge in [0.25, 0.3) is 0 Å². The fourth-order valence-electron chi connectivity index (χ4n) is 2.74. The highest BCUT2D eigenvalue weighted by molar-refractivity contribution is 6.33. The number of rotatable bonds is 3. The van der Waals surface area contributed by atoms with Gasteiger partial charge in [-0.1, -0.05) is 29.8 Å². The van der Waals surface area contributed by atoms with Gasteiger partial charge >= 0.3 is 0 Å². The lowest BCUT2D eigenvalue weighted by Crippen LogP contribution is -2.05. The molecule has 0 atom stereocenters. The third-order valence-corrected chi connectivity index (χ3v) is 4.19. The molecule has 3 heteroatoms. The molecular formula is C17H16ClNO. The summed E-state index contributed by atoms with van der Waals surface area (Å²) in [4.78, 5) is 12.3. The number of benzene rings is 2. The van der Waals surface area contributed by atoms with E-state index >= 15 is 0 Å². The Labute approximate surface area is 123 Å². The van der Waals surface area contributed by atoms with Crippen molar-refractivity contribution in [3.63, 3.8) is 0 Å². The Morgan fingerprint density at radius 2 is 1.90 bits per heavy atom. The van der Waals surface area contributed by atoms with Gasteiger partial charge in [-0.2, -0.15) is 0 Å². The number of aryl methyl sites for hydroxylation is 2. The van der Waals surface area contributed by atoms with Gasteiger partial charge in [0, 0.05) is 12.0 Å². The van der Waals surface area contributed by atoms with E-state index in [0.29, 0.717) is 22.7 Å². The average Bonchev–Trinajstić information content (AvgIpc) is 2.89. The number of anilines is 1. The lowest BCUT2D eigenvalue weighted by atomic mass is 9.99. The van der Waals surface area contributed by atoms with E-state index in [9.17, 15) is 4.79 Å². The molecule has 102 valence electrons. The molecule has 0 heterocycles. The Kier molecular flexibility index (Phi) is 3.49. The van der Waals surface area contributed by atoms with Crippen molar-refractivity contribution in [3.05, 3.63) is 63.7 Å². The van der Waals surface area contributed by atoms with Gasteiger partial charge in [-0.15, -0.1) is 0 Å². The quantitative estimate of drug-likeness (QED) is 0.688. The third-order valence-electron chi connectivity index (χ3n) is 3.85. The topological polar surface area (TPSA) is 43.1 Å². The molecule has 1 aliphatic rings. The second kappa shape index (κ2) is 5.29. The fourth-order valence-corrected chi connectivity index (χ4v) is 2.86. The highest BCUT2D eigenvalue weighted by Gasteiger charge is 2.13. The monoisotopic (exact) mass is 285 g/mol. The zero-order valence-corrected chi connectivity index (χ0v) is 11.9. The maximum absolute atomic E-state index is 12.3. The summed E-state index contributed by atoms with van der Waals surface area (Å²) >= 11 is 5.87. The number of hydrogen-bond acceptors (Lipinski definition) is 2. The molecule has 2 aromatic carbocycles.